The van der Waals surface area contributed by atoms with Crippen molar-refractivity contribution in [1.29, 1.82) is 0 Å². The van der Waals surface area contributed by atoms with Gasteiger partial charge in [0.25, 0.3) is 0 Å². The number of amides is 1. The zero-order valence-electron chi connectivity index (χ0n) is 17.2. The van der Waals surface area contributed by atoms with Gasteiger partial charge in [-0.1, -0.05) is 60.9 Å². The molecule has 5 nitrogen and oxygen atoms in total. The number of para-hydroxylation sites is 1. The summed E-state index contributed by atoms with van der Waals surface area (Å²) >= 11 is -0.777. The standard InChI is InChI=1S/C24H27N3O2S/c1-2-7-18-8-6-9-20(16-18)22-17-23(26-27(22)21-10-4-3-5-11-21)25-24(28)19-12-14-30(29)15-13-19/h3-6,8-11,16-17,19H,2,7,12-15H2,1H3,(H,25,26,28). The van der Waals surface area contributed by atoms with E-state index in [0.29, 0.717) is 30.2 Å². The monoisotopic (exact) mass is 421 g/mol. The number of aromatic nitrogens is 2. The third-order valence-corrected chi connectivity index (χ3v) is 6.86. The summed E-state index contributed by atoms with van der Waals surface area (Å²) in [5, 5.41) is 7.70. The first-order valence-electron chi connectivity index (χ1n) is 10.5. The fourth-order valence-electron chi connectivity index (χ4n) is 3.87. The first-order valence-corrected chi connectivity index (χ1v) is 12.0. The highest BCUT2D eigenvalue weighted by Crippen LogP contribution is 2.28. The number of nitrogens with one attached hydrogen (secondary N) is 1. The number of anilines is 1. The Labute approximate surface area is 180 Å². The number of rotatable bonds is 6. The van der Waals surface area contributed by atoms with Gasteiger partial charge in [0.05, 0.1) is 11.4 Å². The lowest BCUT2D eigenvalue weighted by molar-refractivity contribution is -0.120. The summed E-state index contributed by atoms with van der Waals surface area (Å²) in [5.41, 5.74) is 4.25. The fraction of sp³-hybridized carbons (Fsp3) is 0.333. The van der Waals surface area contributed by atoms with Crippen LogP contribution in [0.3, 0.4) is 0 Å². The molecule has 2 heterocycles. The van der Waals surface area contributed by atoms with Gasteiger partial charge in [-0.3, -0.25) is 4.79 Å². The third-order valence-electron chi connectivity index (χ3n) is 5.48. The Bertz CT molecular complexity index is 995. The zero-order chi connectivity index (χ0) is 20.9. The predicted molar refractivity (Wildman–Crippen MR) is 122 cm³/mol. The van der Waals surface area contributed by atoms with Gasteiger partial charge < -0.3 is 9.87 Å². The summed E-state index contributed by atoms with van der Waals surface area (Å²) in [6.45, 7) is 2.18. The van der Waals surface area contributed by atoms with Crippen LogP contribution in [-0.4, -0.2) is 31.7 Å². The molecule has 1 aliphatic rings. The Morgan fingerprint density at radius 1 is 1.13 bits per heavy atom. The van der Waals surface area contributed by atoms with Crippen LogP contribution in [0.5, 0.6) is 0 Å². The van der Waals surface area contributed by atoms with E-state index in [1.54, 1.807) is 0 Å². The quantitative estimate of drug-likeness (QED) is 0.592. The number of carbonyl (C=O) groups excluding carboxylic acids is 1. The van der Waals surface area contributed by atoms with Crippen LogP contribution in [0, 0.1) is 5.92 Å². The first-order chi connectivity index (χ1) is 14.6. The van der Waals surface area contributed by atoms with Crippen LogP contribution >= 0.6 is 0 Å². The molecule has 0 bridgehead atoms. The highest BCUT2D eigenvalue weighted by atomic mass is 32.2. The van der Waals surface area contributed by atoms with E-state index in [4.69, 9.17) is 5.10 Å². The maximum Gasteiger partial charge on any atom is 0.229 e. The highest BCUT2D eigenvalue weighted by molar-refractivity contribution is 7.91. The highest BCUT2D eigenvalue weighted by Gasteiger charge is 2.28. The van der Waals surface area contributed by atoms with Crippen LogP contribution in [0.4, 0.5) is 5.82 Å². The molecule has 1 saturated heterocycles. The van der Waals surface area contributed by atoms with E-state index >= 15 is 0 Å². The lowest BCUT2D eigenvalue weighted by Crippen LogP contribution is -2.32. The molecule has 6 heteroatoms. The molecule has 4 rings (SSSR count). The number of nitrogens with zero attached hydrogens (tertiary/aromatic N) is 2. The Balaban J connectivity index is 1.65. The number of carbonyl (C=O) groups is 1. The Kier molecular flexibility index (Phi) is 6.55. The van der Waals surface area contributed by atoms with Crippen molar-refractivity contribution in [2.75, 3.05) is 16.8 Å². The van der Waals surface area contributed by atoms with E-state index < -0.39 is 11.2 Å². The van der Waals surface area contributed by atoms with Crippen LogP contribution in [0.1, 0.15) is 31.7 Å². The van der Waals surface area contributed by atoms with Crippen LogP contribution in [0.15, 0.2) is 60.7 Å². The molecule has 156 valence electrons. The first kappa shape index (κ1) is 20.7. The van der Waals surface area contributed by atoms with Gasteiger partial charge in [-0.15, -0.1) is 5.10 Å². The molecule has 0 radical (unpaired) electrons. The van der Waals surface area contributed by atoms with Gasteiger partial charge in [0.15, 0.2) is 5.82 Å². The molecular weight excluding hydrogens is 394 g/mol. The number of hydrogen-bond donors (Lipinski definition) is 1. The molecule has 1 amide bonds. The van der Waals surface area contributed by atoms with Gasteiger partial charge in [-0.2, -0.15) is 0 Å². The van der Waals surface area contributed by atoms with Crippen molar-refractivity contribution in [1.82, 2.24) is 9.78 Å². The normalized spacial score (nSPS) is 18.9. The van der Waals surface area contributed by atoms with Gasteiger partial charge >= 0.3 is 0 Å². The van der Waals surface area contributed by atoms with Crippen molar-refractivity contribution < 1.29 is 9.35 Å². The Morgan fingerprint density at radius 2 is 1.90 bits per heavy atom. The van der Waals surface area contributed by atoms with E-state index in [1.807, 2.05) is 41.1 Å². The van der Waals surface area contributed by atoms with Crippen LogP contribution in [0.25, 0.3) is 16.9 Å². The van der Waals surface area contributed by atoms with Crippen molar-refractivity contribution >= 4 is 22.9 Å². The Morgan fingerprint density at radius 3 is 2.63 bits per heavy atom. The van der Waals surface area contributed by atoms with Crippen molar-refractivity contribution in [2.24, 2.45) is 5.92 Å². The smallest absolute Gasteiger partial charge is 0.229 e. The topological polar surface area (TPSA) is 70.0 Å². The molecule has 1 fully saturated rings. The van der Waals surface area contributed by atoms with Crippen LogP contribution in [-0.2, 0) is 22.4 Å². The molecule has 0 aliphatic carbocycles. The SMILES string of the molecule is CCCc1cccc(-c2cc(NC(=O)C3CC[S+]([O-])CC3)nn2-c2ccccc2)c1. The van der Waals surface area contributed by atoms with E-state index in [0.717, 1.165) is 29.8 Å². The number of hydrogen-bond acceptors (Lipinski definition) is 3. The minimum absolute atomic E-state index is 0.0318. The zero-order valence-corrected chi connectivity index (χ0v) is 18.0. The second-order valence-electron chi connectivity index (χ2n) is 7.72. The van der Waals surface area contributed by atoms with Crippen molar-refractivity contribution in [3.05, 3.63) is 66.2 Å². The van der Waals surface area contributed by atoms with Gasteiger partial charge in [-0.25, -0.2) is 4.68 Å². The van der Waals surface area contributed by atoms with E-state index in [1.165, 1.54) is 5.56 Å². The lowest BCUT2D eigenvalue weighted by atomic mass is 10.0. The average molecular weight is 422 g/mol. The molecule has 0 unspecified atom stereocenters. The summed E-state index contributed by atoms with van der Waals surface area (Å²) in [6, 6.07) is 20.4. The fourth-order valence-corrected chi connectivity index (χ4v) is 5.17. The molecule has 0 atom stereocenters. The minimum Gasteiger partial charge on any atom is -0.616 e. The molecule has 0 spiro atoms. The summed E-state index contributed by atoms with van der Waals surface area (Å²) in [5.74, 6) is 1.63. The van der Waals surface area contributed by atoms with Crippen LogP contribution < -0.4 is 5.32 Å². The molecule has 0 saturated carbocycles. The molecule has 1 aromatic heterocycles. The molecule has 30 heavy (non-hydrogen) atoms. The maximum absolute atomic E-state index is 12.7. The second-order valence-corrected chi connectivity index (χ2v) is 9.42. The van der Waals surface area contributed by atoms with E-state index in [2.05, 4.69) is 36.5 Å². The Hall–Kier alpha value is -2.57. The van der Waals surface area contributed by atoms with Crippen molar-refractivity contribution in [2.45, 2.75) is 32.6 Å². The van der Waals surface area contributed by atoms with Gasteiger partial charge in [0.2, 0.25) is 5.91 Å². The lowest BCUT2D eigenvalue weighted by Gasteiger charge is -2.22. The van der Waals surface area contributed by atoms with Gasteiger partial charge in [-0.05, 0) is 30.2 Å². The second kappa shape index (κ2) is 9.49. The molecular formula is C24H27N3O2S. The van der Waals surface area contributed by atoms with E-state index in [9.17, 15) is 9.35 Å². The van der Waals surface area contributed by atoms with Crippen molar-refractivity contribution in [3.8, 4) is 16.9 Å². The number of benzene rings is 2. The van der Waals surface area contributed by atoms with Gasteiger partial charge in [0, 0.05) is 30.4 Å². The summed E-state index contributed by atoms with van der Waals surface area (Å²) in [4.78, 5) is 12.7. The number of aryl methyl sites for hydroxylation is 1. The molecule has 3 aromatic rings. The summed E-state index contributed by atoms with van der Waals surface area (Å²) in [6.07, 6.45) is 3.46. The largest absolute Gasteiger partial charge is 0.616 e. The molecule has 1 N–H and O–H groups in total. The molecule has 1 aliphatic heterocycles. The summed E-state index contributed by atoms with van der Waals surface area (Å²) < 4.78 is 13.5. The average Bonchev–Trinajstić information content (AvgIpc) is 3.19. The summed E-state index contributed by atoms with van der Waals surface area (Å²) in [7, 11) is 0. The van der Waals surface area contributed by atoms with E-state index in [-0.39, 0.29) is 11.8 Å². The van der Waals surface area contributed by atoms with Crippen LogP contribution in [0.2, 0.25) is 0 Å². The predicted octanol–water partition coefficient (Wildman–Crippen LogP) is 4.59. The van der Waals surface area contributed by atoms with Crippen molar-refractivity contribution in [3.63, 3.8) is 0 Å². The maximum atomic E-state index is 12.7. The molecule has 2 aromatic carbocycles. The third kappa shape index (κ3) is 4.77. The van der Waals surface area contributed by atoms with Gasteiger partial charge in [0.1, 0.15) is 11.5 Å². The minimum atomic E-state index is -0.777.